The summed E-state index contributed by atoms with van der Waals surface area (Å²) in [5.74, 6) is -0.0528. The maximum Gasteiger partial charge on any atom is 0.306 e. The standard InChI is InChI=1S/C8H12O3/c9-8-4-2-1-3-6(11-8)7-5-10-7/h6-7H,1-5H2. The summed E-state index contributed by atoms with van der Waals surface area (Å²) in [5, 5.41) is 0. The van der Waals surface area contributed by atoms with E-state index in [0.717, 1.165) is 25.9 Å². The summed E-state index contributed by atoms with van der Waals surface area (Å²) in [6, 6.07) is 0. The van der Waals surface area contributed by atoms with Crippen LogP contribution in [-0.2, 0) is 14.3 Å². The van der Waals surface area contributed by atoms with E-state index in [-0.39, 0.29) is 18.2 Å². The highest BCUT2D eigenvalue weighted by molar-refractivity contribution is 5.69. The highest BCUT2D eigenvalue weighted by Gasteiger charge is 2.36. The first-order valence-electron chi connectivity index (χ1n) is 4.17. The number of hydrogen-bond donors (Lipinski definition) is 0. The molecule has 2 fully saturated rings. The lowest BCUT2D eigenvalue weighted by Crippen LogP contribution is -2.21. The molecule has 2 heterocycles. The van der Waals surface area contributed by atoms with E-state index in [1.807, 2.05) is 0 Å². The van der Waals surface area contributed by atoms with Gasteiger partial charge >= 0.3 is 5.97 Å². The smallest absolute Gasteiger partial charge is 0.306 e. The number of carbonyl (C=O) groups excluding carboxylic acids is 1. The largest absolute Gasteiger partial charge is 0.459 e. The van der Waals surface area contributed by atoms with Gasteiger partial charge < -0.3 is 9.47 Å². The number of esters is 1. The fourth-order valence-electron chi connectivity index (χ4n) is 1.43. The Morgan fingerprint density at radius 2 is 2.09 bits per heavy atom. The zero-order valence-corrected chi connectivity index (χ0v) is 6.41. The number of hydrogen-bond acceptors (Lipinski definition) is 3. The van der Waals surface area contributed by atoms with Crippen molar-refractivity contribution in [3.63, 3.8) is 0 Å². The van der Waals surface area contributed by atoms with Gasteiger partial charge in [0.05, 0.1) is 6.61 Å². The zero-order valence-electron chi connectivity index (χ0n) is 6.41. The van der Waals surface area contributed by atoms with Crippen molar-refractivity contribution in [1.29, 1.82) is 0 Å². The minimum Gasteiger partial charge on any atom is -0.459 e. The Morgan fingerprint density at radius 1 is 1.27 bits per heavy atom. The van der Waals surface area contributed by atoms with E-state index in [2.05, 4.69) is 0 Å². The Morgan fingerprint density at radius 3 is 2.82 bits per heavy atom. The molecular formula is C8H12O3. The second-order valence-corrected chi connectivity index (χ2v) is 3.15. The summed E-state index contributed by atoms with van der Waals surface area (Å²) in [4.78, 5) is 10.9. The van der Waals surface area contributed by atoms with Crippen LogP contribution in [0.5, 0.6) is 0 Å². The second-order valence-electron chi connectivity index (χ2n) is 3.15. The van der Waals surface area contributed by atoms with E-state index in [1.54, 1.807) is 0 Å². The molecule has 2 atom stereocenters. The summed E-state index contributed by atoms with van der Waals surface area (Å²) >= 11 is 0. The predicted octanol–water partition coefficient (Wildman–Crippen LogP) is 0.871. The van der Waals surface area contributed by atoms with E-state index in [9.17, 15) is 4.79 Å². The molecule has 11 heavy (non-hydrogen) atoms. The van der Waals surface area contributed by atoms with Crippen LogP contribution in [0, 0.1) is 0 Å². The van der Waals surface area contributed by atoms with Crippen molar-refractivity contribution in [1.82, 2.24) is 0 Å². The Bertz CT molecular complexity index is 163. The van der Waals surface area contributed by atoms with Crippen molar-refractivity contribution in [2.45, 2.75) is 37.9 Å². The van der Waals surface area contributed by atoms with Crippen LogP contribution in [0.1, 0.15) is 25.7 Å². The second kappa shape index (κ2) is 2.81. The molecule has 3 nitrogen and oxygen atoms in total. The topological polar surface area (TPSA) is 38.8 Å². The van der Waals surface area contributed by atoms with Crippen LogP contribution in [0.15, 0.2) is 0 Å². The van der Waals surface area contributed by atoms with E-state index in [4.69, 9.17) is 9.47 Å². The van der Waals surface area contributed by atoms with Crippen molar-refractivity contribution in [2.75, 3.05) is 6.61 Å². The van der Waals surface area contributed by atoms with Crippen molar-refractivity contribution in [2.24, 2.45) is 0 Å². The van der Waals surface area contributed by atoms with Gasteiger partial charge in [-0.05, 0) is 19.3 Å². The molecule has 0 aromatic carbocycles. The molecule has 0 saturated carbocycles. The van der Waals surface area contributed by atoms with Crippen LogP contribution in [0.3, 0.4) is 0 Å². The number of cyclic esters (lactones) is 1. The first kappa shape index (κ1) is 7.10. The van der Waals surface area contributed by atoms with Gasteiger partial charge in [-0.1, -0.05) is 0 Å². The predicted molar refractivity (Wildman–Crippen MR) is 38.1 cm³/mol. The molecule has 0 bridgehead atoms. The maximum atomic E-state index is 10.9. The van der Waals surface area contributed by atoms with E-state index in [0.29, 0.717) is 6.42 Å². The first-order chi connectivity index (χ1) is 5.36. The van der Waals surface area contributed by atoms with Gasteiger partial charge in [0.2, 0.25) is 0 Å². The molecular weight excluding hydrogens is 144 g/mol. The lowest BCUT2D eigenvalue weighted by atomic mass is 10.1. The fraction of sp³-hybridized carbons (Fsp3) is 0.875. The highest BCUT2D eigenvalue weighted by atomic mass is 16.6. The van der Waals surface area contributed by atoms with Crippen molar-refractivity contribution < 1.29 is 14.3 Å². The summed E-state index contributed by atoms with van der Waals surface area (Å²) in [6.07, 6.45) is 3.92. The Labute approximate surface area is 65.7 Å². The minimum atomic E-state index is -0.0528. The van der Waals surface area contributed by atoms with Crippen molar-refractivity contribution >= 4 is 5.97 Å². The Hall–Kier alpha value is -0.570. The molecule has 2 saturated heterocycles. The molecule has 2 rings (SSSR count). The van der Waals surface area contributed by atoms with Crippen molar-refractivity contribution in [3.8, 4) is 0 Å². The molecule has 2 unspecified atom stereocenters. The summed E-state index contributed by atoms with van der Waals surface area (Å²) in [6.45, 7) is 0.776. The van der Waals surface area contributed by atoms with Crippen LogP contribution >= 0.6 is 0 Å². The third kappa shape index (κ3) is 1.71. The van der Waals surface area contributed by atoms with Gasteiger partial charge in [0.25, 0.3) is 0 Å². The molecule has 0 aromatic heterocycles. The molecule has 0 amide bonds. The Kier molecular flexibility index (Phi) is 1.82. The van der Waals surface area contributed by atoms with Crippen LogP contribution in [0.4, 0.5) is 0 Å². The molecule has 0 N–H and O–H groups in total. The lowest BCUT2D eigenvalue weighted by Gasteiger charge is -2.10. The van der Waals surface area contributed by atoms with E-state index >= 15 is 0 Å². The monoisotopic (exact) mass is 156 g/mol. The zero-order chi connectivity index (χ0) is 7.68. The van der Waals surface area contributed by atoms with Crippen LogP contribution in [-0.4, -0.2) is 24.8 Å². The van der Waals surface area contributed by atoms with Crippen LogP contribution in [0.25, 0.3) is 0 Å². The third-order valence-electron chi connectivity index (χ3n) is 2.18. The molecule has 0 aromatic rings. The highest BCUT2D eigenvalue weighted by Crippen LogP contribution is 2.24. The SMILES string of the molecule is O=C1CCCCC(C2CO2)O1. The number of rotatable bonds is 1. The normalized spacial score (nSPS) is 37.6. The summed E-state index contributed by atoms with van der Waals surface area (Å²) < 4.78 is 10.2. The van der Waals surface area contributed by atoms with Gasteiger partial charge in [-0.25, -0.2) is 0 Å². The van der Waals surface area contributed by atoms with Gasteiger partial charge in [0.15, 0.2) is 0 Å². The van der Waals surface area contributed by atoms with Crippen LogP contribution in [0.2, 0.25) is 0 Å². The van der Waals surface area contributed by atoms with Crippen LogP contribution < -0.4 is 0 Å². The minimum absolute atomic E-state index is 0.0528. The van der Waals surface area contributed by atoms with Gasteiger partial charge in [-0.2, -0.15) is 0 Å². The maximum absolute atomic E-state index is 10.9. The van der Waals surface area contributed by atoms with E-state index < -0.39 is 0 Å². The molecule has 3 heteroatoms. The van der Waals surface area contributed by atoms with Crippen molar-refractivity contribution in [3.05, 3.63) is 0 Å². The molecule has 0 aliphatic carbocycles. The quantitative estimate of drug-likeness (QED) is 0.417. The summed E-state index contributed by atoms with van der Waals surface area (Å²) in [7, 11) is 0. The molecule has 62 valence electrons. The summed E-state index contributed by atoms with van der Waals surface area (Å²) in [5.41, 5.74) is 0. The number of epoxide rings is 1. The Balaban J connectivity index is 1.91. The average molecular weight is 156 g/mol. The average Bonchev–Trinajstić information content (AvgIpc) is 2.71. The molecule has 0 radical (unpaired) electrons. The molecule has 2 aliphatic heterocycles. The van der Waals surface area contributed by atoms with Gasteiger partial charge in [0.1, 0.15) is 12.2 Å². The third-order valence-corrected chi connectivity index (χ3v) is 2.18. The number of carbonyl (C=O) groups is 1. The number of ether oxygens (including phenoxy) is 2. The van der Waals surface area contributed by atoms with E-state index in [1.165, 1.54) is 0 Å². The van der Waals surface area contributed by atoms with Gasteiger partial charge in [0, 0.05) is 6.42 Å². The van der Waals surface area contributed by atoms with Gasteiger partial charge in [-0.3, -0.25) is 4.79 Å². The lowest BCUT2D eigenvalue weighted by molar-refractivity contribution is -0.148. The molecule has 2 aliphatic rings. The first-order valence-corrected chi connectivity index (χ1v) is 4.17. The fourth-order valence-corrected chi connectivity index (χ4v) is 1.43. The molecule has 0 spiro atoms. The van der Waals surface area contributed by atoms with Gasteiger partial charge in [-0.15, -0.1) is 0 Å².